The Morgan fingerprint density at radius 3 is 2.75 bits per heavy atom. The first-order valence-electron chi connectivity index (χ1n) is 6.58. The van der Waals surface area contributed by atoms with Crippen molar-refractivity contribution in [2.75, 3.05) is 19.6 Å². The number of rotatable bonds is 6. The second-order valence-corrected chi connectivity index (χ2v) is 4.96. The zero-order valence-electron chi connectivity index (χ0n) is 10.7. The molecule has 3 heteroatoms. The summed E-state index contributed by atoms with van der Waals surface area (Å²) >= 11 is 0. The van der Waals surface area contributed by atoms with Crippen molar-refractivity contribution in [3.8, 4) is 6.07 Å². The molecule has 1 saturated carbocycles. The normalized spacial score (nSPS) is 29.6. The highest BCUT2D eigenvalue weighted by Gasteiger charge is 2.39. The maximum absolute atomic E-state index is 9.13. The summed E-state index contributed by atoms with van der Waals surface area (Å²) in [5, 5.41) is 9.13. The standard InChI is InChI=1S/C13H25N3/c1-3-9-16(4-2)10-7-12-6-5-8-13(12,15)11-14/h12H,3-10,15H2,1-2H3. The SMILES string of the molecule is CCCN(CC)CCC1CCCC1(N)C#N. The molecule has 0 saturated heterocycles. The van der Waals surface area contributed by atoms with Crippen LogP contribution in [0.25, 0.3) is 0 Å². The number of nitrogens with two attached hydrogens (primary N) is 1. The molecular formula is C13H25N3. The maximum atomic E-state index is 9.13. The lowest BCUT2D eigenvalue weighted by atomic mass is 9.87. The van der Waals surface area contributed by atoms with Gasteiger partial charge in [-0.2, -0.15) is 5.26 Å². The summed E-state index contributed by atoms with van der Waals surface area (Å²) < 4.78 is 0. The molecule has 1 aliphatic carbocycles. The molecular weight excluding hydrogens is 198 g/mol. The van der Waals surface area contributed by atoms with Gasteiger partial charge in [0.05, 0.1) is 6.07 Å². The van der Waals surface area contributed by atoms with Crippen LogP contribution in [-0.2, 0) is 0 Å². The van der Waals surface area contributed by atoms with Gasteiger partial charge in [0.1, 0.15) is 5.54 Å². The first-order chi connectivity index (χ1) is 7.66. The minimum atomic E-state index is -0.536. The van der Waals surface area contributed by atoms with E-state index in [0.29, 0.717) is 5.92 Å². The average Bonchev–Trinajstić information content (AvgIpc) is 2.67. The van der Waals surface area contributed by atoms with Crippen molar-refractivity contribution in [3.05, 3.63) is 0 Å². The highest BCUT2D eigenvalue weighted by Crippen LogP contribution is 2.35. The van der Waals surface area contributed by atoms with Crippen molar-refractivity contribution in [1.29, 1.82) is 5.26 Å². The van der Waals surface area contributed by atoms with Crippen molar-refractivity contribution in [3.63, 3.8) is 0 Å². The van der Waals surface area contributed by atoms with Gasteiger partial charge < -0.3 is 10.6 Å². The average molecular weight is 223 g/mol. The highest BCUT2D eigenvalue weighted by atomic mass is 15.1. The van der Waals surface area contributed by atoms with E-state index in [1.807, 2.05) is 0 Å². The summed E-state index contributed by atoms with van der Waals surface area (Å²) in [6, 6.07) is 2.32. The van der Waals surface area contributed by atoms with E-state index < -0.39 is 5.54 Å². The highest BCUT2D eigenvalue weighted by molar-refractivity contribution is 5.11. The van der Waals surface area contributed by atoms with Crippen LogP contribution in [0.15, 0.2) is 0 Å². The Hall–Kier alpha value is -0.590. The maximum Gasteiger partial charge on any atom is 0.107 e. The topological polar surface area (TPSA) is 53.0 Å². The zero-order valence-corrected chi connectivity index (χ0v) is 10.7. The Morgan fingerprint density at radius 2 is 2.19 bits per heavy atom. The molecule has 0 aliphatic heterocycles. The van der Waals surface area contributed by atoms with Gasteiger partial charge in [-0.1, -0.05) is 20.3 Å². The Morgan fingerprint density at radius 1 is 1.44 bits per heavy atom. The van der Waals surface area contributed by atoms with E-state index in [1.54, 1.807) is 0 Å². The van der Waals surface area contributed by atoms with Crippen molar-refractivity contribution in [2.24, 2.45) is 11.7 Å². The first kappa shape index (κ1) is 13.5. The predicted molar refractivity (Wildman–Crippen MR) is 66.9 cm³/mol. The second-order valence-electron chi connectivity index (χ2n) is 4.96. The van der Waals surface area contributed by atoms with Crippen LogP contribution in [0.1, 0.15) is 46.0 Å². The first-order valence-corrected chi connectivity index (χ1v) is 6.58. The summed E-state index contributed by atoms with van der Waals surface area (Å²) in [4.78, 5) is 2.45. The smallest absolute Gasteiger partial charge is 0.107 e. The quantitative estimate of drug-likeness (QED) is 0.750. The van der Waals surface area contributed by atoms with Gasteiger partial charge in [-0.3, -0.25) is 0 Å². The summed E-state index contributed by atoms with van der Waals surface area (Å²) in [7, 11) is 0. The van der Waals surface area contributed by atoms with Gasteiger partial charge >= 0.3 is 0 Å². The Labute approximate surface area is 99.6 Å². The lowest BCUT2D eigenvalue weighted by molar-refractivity contribution is 0.246. The molecule has 3 nitrogen and oxygen atoms in total. The van der Waals surface area contributed by atoms with Gasteiger partial charge in [-0.25, -0.2) is 0 Å². The van der Waals surface area contributed by atoms with E-state index >= 15 is 0 Å². The summed E-state index contributed by atoms with van der Waals surface area (Å²) in [6.07, 6.45) is 5.42. The summed E-state index contributed by atoms with van der Waals surface area (Å²) in [5.74, 6) is 0.406. The van der Waals surface area contributed by atoms with Crippen molar-refractivity contribution in [2.45, 2.75) is 51.5 Å². The predicted octanol–water partition coefficient (Wildman–Crippen LogP) is 2.13. The third-order valence-corrected chi connectivity index (χ3v) is 3.86. The molecule has 2 atom stereocenters. The molecule has 0 aromatic heterocycles. The van der Waals surface area contributed by atoms with Crippen molar-refractivity contribution < 1.29 is 0 Å². The van der Waals surface area contributed by atoms with Gasteiger partial charge in [-0.05, 0) is 51.2 Å². The van der Waals surface area contributed by atoms with Crippen LogP contribution in [0.3, 0.4) is 0 Å². The summed E-state index contributed by atoms with van der Waals surface area (Å²) in [5.41, 5.74) is 5.59. The van der Waals surface area contributed by atoms with Gasteiger partial charge in [0.2, 0.25) is 0 Å². The second kappa shape index (κ2) is 6.22. The van der Waals surface area contributed by atoms with Gasteiger partial charge in [0.25, 0.3) is 0 Å². The van der Waals surface area contributed by atoms with Gasteiger partial charge in [0.15, 0.2) is 0 Å². The largest absolute Gasteiger partial charge is 0.313 e. The van der Waals surface area contributed by atoms with Crippen LogP contribution in [0.5, 0.6) is 0 Å². The molecule has 1 rings (SSSR count). The van der Waals surface area contributed by atoms with E-state index in [9.17, 15) is 0 Å². The minimum Gasteiger partial charge on any atom is -0.313 e. The van der Waals surface area contributed by atoms with Crippen LogP contribution >= 0.6 is 0 Å². The van der Waals surface area contributed by atoms with Crippen LogP contribution in [0, 0.1) is 17.2 Å². The number of nitrogens with zero attached hydrogens (tertiary/aromatic N) is 2. The molecule has 1 aliphatic rings. The number of hydrogen-bond acceptors (Lipinski definition) is 3. The fraction of sp³-hybridized carbons (Fsp3) is 0.923. The lowest BCUT2D eigenvalue weighted by Gasteiger charge is -2.27. The zero-order chi connectivity index (χ0) is 12.0. The molecule has 0 spiro atoms. The minimum absolute atomic E-state index is 0.406. The van der Waals surface area contributed by atoms with Gasteiger partial charge in [-0.15, -0.1) is 0 Å². The van der Waals surface area contributed by atoms with Crippen LogP contribution in [0.4, 0.5) is 0 Å². The van der Waals surface area contributed by atoms with E-state index in [2.05, 4.69) is 24.8 Å². The summed E-state index contributed by atoms with van der Waals surface area (Å²) in [6.45, 7) is 7.76. The molecule has 0 aromatic carbocycles. The molecule has 0 aromatic rings. The van der Waals surface area contributed by atoms with E-state index in [1.165, 1.54) is 6.42 Å². The molecule has 0 radical (unpaired) electrons. The molecule has 16 heavy (non-hydrogen) atoms. The van der Waals surface area contributed by atoms with Crippen molar-refractivity contribution in [1.82, 2.24) is 4.90 Å². The molecule has 1 fully saturated rings. The number of nitriles is 1. The Balaban J connectivity index is 2.40. The van der Waals surface area contributed by atoms with E-state index in [0.717, 1.165) is 45.3 Å². The van der Waals surface area contributed by atoms with Crippen LogP contribution in [-0.4, -0.2) is 30.1 Å². The third-order valence-electron chi connectivity index (χ3n) is 3.86. The van der Waals surface area contributed by atoms with Crippen LogP contribution < -0.4 is 5.73 Å². The molecule has 2 unspecified atom stereocenters. The molecule has 0 heterocycles. The molecule has 0 bridgehead atoms. The Bertz CT molecular complexity index is 246. The number of hydrogen-bond donors (Lipinski definition) is 1. The van der Waals surface area contributed by atoms with E-state index in [4.69, 9.17) is 11.0 Å². The van der Waals surface area contributed by atoms with Crippen LogP contribution in [0.2, 0.25) is 0 Å². The fourth-order valence-corrected chi connectivity index (χ4v) is 2.73. The third kappa shape index (κ3) is 3.20. The Kier molecular flexibility index (Phi) is 5.24. The van der Waals surface area contributed by atoms with E-state index in [-0.39, 0.29) is 0 Å². The lowest BCUT2D eigenvalue weighted by Crippen LogP contribution is -2.43. The van der Waals surface area contributed by atoms with Gasteiger partial charge in [0, 0.05) is 0 Å². The fourth-order valence-electron chi connectivity index (χ4n) is 2.73. The monoisotopic (exact) mass is 223 g/mol. The molecule has 92 valence electrons. The van der Waals surface area contributed by atoms with Crippen molar-refractivity contribution >= 4 is 0 Å². The molecule has 0 amide bonds. The molecule has 2 N–H and O–H groups in total.